The number of carbonyl (C=O) groups excluding carboxylic acids is 1. The zero-order valence-electron chi connectivity index (χ0n) is 12.0. The van der Waals surface area contributed by atoms with E-state index in [0.717, 1.165) is 25.0 Å². The van der Waals surface area contributed by atoms with Crippen molar-refractivity contribution < 1.29 is 18.0 Å². The number of nitrogens with two attached hydrogens (primary N) is 1. The van der Waals surface area contributed by atoms with Crippen LogP contribution in [-0.2, 0) is 17.4 Å². The first-order valence-corrected chi connectivity index (χ1v) is 6.96. The molecule has 1 unspecified atom stereocenters. The van der Waals surface area contributed by atoms with Gasteiger partial charge in [0.25, 0.3) is 0 Å². The lowest BCUT2D eigenvalue weighted by Crippen LogP contribution is -2.26. The van der Waals surface area contributed by atoms with E-state index in [0.29, 0.717) is 24.6 Å². The molecular weight excluding hydrogens is 281 g/mol. The highest BCUT2D eigenvalue weighted by molar-refractivity contribution is 5.78. The van der Waals surface area contributed by atoms with Crippen molar-refractivity contribution in [2.45, 2.75) is 32.4 Å². The second-order valence-corrected chi connectivity index (χ2v) is 5.20. The Balaban J connectivity index is 2.35. The summed E-state index contributed by atoms with van der Waals surface area (Å²) in [4.78, 5) is 11.7. The minimum Gasteiger partial charge on any atom is -0.356 e. The Labute approximate surface area is 122 Å². The van der Waals surface area contributed by atoms with Crippen LogP contribution in [0.3, 0.4) is 0 Å². The van der Waals surface area contributed by atoms with Gasteiger partial charge in [-0.3, -0.25) is 4.79 Å². The molecule has 0 saturated carbocycles. The van der Waals surface area contributed by atoms with Gasteiger partial charge >= 0.3 is 6.18 Å². The van der Waals surface area contributed by atoms with Crippen molar-refractivity contribution in [2.24, 2.45) is 11.7 Å². The number of alkyl halides is 3. The fourth-order valence-electron chi connectivity index (χ4n) is 1.86. The van der Waals surface area contributed by atoms with Crippen molar-refractivity contribution in [3.8, 4) is 0 Å². The molecule has 21 heavy (non-hydrogen) atoms. The molecule has 0 spiro atoms. The molecule has 0 saturated heterocycles. The molecule has 0 radical (unpaired) electrons. The largest absolute Gasteiger partial charge is 0.416 e. The maximum atomic E-state index is 12.4. The number of benzene rings is 1. The molecular formula is C15H21F3N2O. The summed E-state index contributed by atoms with van der Waals surface area (Å²) in [6.45, 7) is 3.23. The van der Waals surface area contributed by atoms with Crippen LogP contribution in [-0.4, -0.2) is 19.0 Å². The molecule has 118 valence electrons. The molecule has 0 aliphatic carbocycles. The predicted octanol–water partition coefficient (Wildman–Crippen LogP) is 2.74. The van der Waals surface area contributed by atoms with Crippen molar-refractivity contribution in [3.05, 3.63) is 35.4 Å². The van der Waals surface area contributed by atoms with E-state index in [9.17, 15) is 18.0 Å². The summed E-state index contributed by atoms with van der Waals surface area (Å²) in [5, 5.41) is 2.75. The van der Waals surface area contributed by atoms with Crippen molar-refractivity contribution in [1.82, 2.24) is 5.32 Å². The zero-order valence-corrected chi connectivity index (χ0v) is 12.0. The van der Waals surface area contributed by atoms with Gasteiger partial charge in [0.2, 0.25) is 5.91 Å². The summed E-state index contributed by atoms with van der Waals surface area (Å²) in [5.41, 5.74) is 5.35. The van der Waals surface area contributed by atoms with Gasteiger partial charge in [-0.25, -0.2) is 0 Å². The number of amides is 1. The van der Waals surface area contributed by atoms with E-state index in [2.05, 4.69) is 5.32 Å². The van der Waals surface area contributed by atoms with Crippen LogP contribution in [0.25, 0.3) is 0 Å². The van der Waals surface area contributed by atoms with Gasteiger partial charge < -0.3 is 11.1 Å². The molecule has 1 aromatic rings. The van der Waals surface area contributed by atoms with Gasteiger partial charge in [0.05, 0.1) is 12.0 Å². The van der Waals surface area contributed by atoms with Crippen LogP contribution in [0, 0.1) is 5.92 Å². The Morgan fingerprint density at radius 2 is 1.90 bits per heavy atom. The van der Waals surface area contributed by atoms with E-state index in [1.54, 1.807) is 0 Å². The Bertz CT molecular complexity index is 443. The second-order valence-electron chi connectivity index (χ2n) is 5.20. The quantitative estimate of drug-likeness (QED) is 0.761. The minimum absolute atomic E-state index is 0.0879. The van der Waals surface area contributed by atoms with Crippen LogP contribution < -0.4 is 11.1 Å². The van der Waals surface area contributed by atoms with Crippen molar-refractivity contribution in [2.75, 3.05) is 13.1 Å². The third-order valence-corrected chi connectivity index (χ3v) is 3.24. The van der Waals surface area contributed by atoms with Crippen LogP contribution in [0.1, 0.15) is 30.9 Å². The number of nitrogens with one attached hydrogen (secondary N) is 1. The first-order valence-electron chi connectivity index (χ1n) is 6.96. The highest BCUT2D eigenvalue weighted by atomic mass is 19.4. The number of rotatable bonds is 7. The molecule has 1 aromatic carbocycles. The summed E-state index contributed by atoms with van der Waals surface area (Å²) in [7, 11) is 0. The second kappa shape index (κ2) is 8.02. The lowest BCUT2D eigenvalue weighted by atomic mass is 10.1. The third kappa shape index (κ3) is 6.62. The number of hydrogen-bond donors (Lipinski definition) is 2. The molecule has 0 aliphatic heterocycles. The number of halogens is 3. The van der Waals surface area contributed by atoms with Gasteiger partial charge in [-0.05, 0) is 43.0 Å². The molecule has 0 aliphatic rings. The van der Waals surface area contributed by atoms with E-state index < -0.39 is 11.7 Å². The molecule has 3 nitrogen and oxygen atoms in total. The molecule has 3 N–H and O–H groups in total. The fourth-order valence-corrected chi connectivity index (χ4v) is 1.86. The van der Waals surface area contributed by atoms with Gasteiger partial charge in [-0.1, -0.05) is 19.1 Å². The fraction of sp³-hybridized carbons (Fsp3) is 0.533. The minimum atomic E-state index is -4.35. The Kier molecular flexibility index (Phi) is 6.68. The monoisotopic (exact) mass is 302 g/mol. The Morgan fingerprint density at radius 1 is 1.29 bits per heavy atom. The summed E-state index contributed by atoms with van der Waals surface area (Å²) >= 11 is 0. The SMILES string of the molecule is CC(CN)CCCNC(=O)Cc1ccc(C(F)(F)F)cc1. The Morgan fingerprint density at radius 3 is 2.43 bits per heavy atom. The molecule has 6 heteroatoms. The molecule has 0 bridgehead atoms. The van der Waals surface area contributed by atoms with E-state index in [1.807, 2.05) is 6.92 Å². The molecule has 0 heterocycles. The maximum absolute atomic E-state index is 12.4. The van der Waals surface area contributed by atoms with Gasteiger partial charge in [-0.15, -0.1) is 0 Å². The van der Waals surface area contributed by atoms with E-state index in [4.69, 9.17) is 5.73 Å². The van der Waals surface area contributed by atoms with Crippen LogP contribution >= 0.6 is 0 Å². The molecule has 0 fully saturated rings. The topological polar surface area (TPSA) is 55.1 Å². The summed E-state index contributed by atoms with van der Waals surface area (Å²) < 4.78 is 37.2. The third-order valence-electron chi connectivity index (χ3n) is 3.24. The zero-order chi connectivity index (χ0) is 15.9. The highest BCUT2D eigenvalue weighted by Crippen LogP contribution is 2.29. The number of carbonyl (C=O) groups is 1. The average molecular weight is 302 g/mol. The molecule has 1 rings (SSSR count). The van der Waals surface area contributed by atoms with Crippen molar-refractivity contribution in [3.63, 3.8) is 0 Å². The van der Waals surface area contributed by atoms with E-state index in [1.165, 1.54) is 12.1 Å². The van der Waals surface area contributed by atoms with E-state index >= 15 is 0 Å². The Hall–Kier alpha value is -1.56. The average Bonchev–Trinajstić information content (AvgIpc) is 2.43. The summed E-state index contributed by atoms with van der Waals surface area (Å²) in [6.07, 6.45) is -2.47. The standard InChI is InChI=1S/C15H21F3N2O/c1-11(10-19)3-2-8-20-14(21)9-12-4-6-13(7-5-12)15(16,17)18/h4-7,11H,2-3,8-10,19H2,1H3,(H,20,21). The first kappa shape index (κ1) is 17.5. The summed E-state index contributed by atoms with van der Waals surface area (Å²) in [6, 6.07) is 4.65. The van der Waals surface area contributed by atoms with Crippen LogP contribution in [0.2, 0.25) is 0 Å². The van der Waals surface area contributed by atoms with Gasteiger partial charge in [0.15, 0.2) is 0 Å². The van der Waals surface area contributed by atoms with Gasteiger partial charge in [-0.2, -0.15) is 13.2 Å². The molecule has 0 aromatic heterocycles. The lowest BCUT2D eigenvalue weighted by molar-refractivity contribution is -0.137. The van der Waals surface area contributed by atoms with Crippen LogP contribution in [0.4, 0.5) is 13.2 Å². The molecule has 1 amide bonds. The van der Waals surface area contributed by atoms with Gasteiger partial charge in [0.1, 0.15) is 0 Å². The van der Waals surface area contributed by atoms with Crippen molar-refractivity contribution >= 4 is 5.91 Å². The highest BCUT2D eigenvalue weighted by Gasteiger charge is 2.29. The summed E-state index contributed by atoms with van der Waals surface area (Å²) in [5.74, 6) is 0.243. The smallest absolute Gasteiger partial charge is 0.356 e. The normalized spacial score (nSPS) is 13.0. The first-order chi connectivity index (χ1) is 9.82. The molecule has 1 atom stereocenters. The van der Waals surface area contributed by atoms with Gasteiger partial charge in [0, 0.05) is 6.54 Å². The maximum Gasteiger partial charge on any atom is 0.416 e. The predicted molar refractivity (Wildman–Crippen MR) is 75.6 cm³/mol. The lowest BCUT2D eigenvalue weighted by Gasteiger charge is -2.10. The van der Waals surface area contributed by atoms with E-state index in [-0.39, 0.29) is 12.3 Å². The number of hydrogen-bond acceptors (Lipinski definition) is 2. The van der Waals surface area contributed by atoms with Crippen molar-refractivity contribution in [1.29, 1.82) is 0 Å². The van der Waals surface area contributed by atoms with Crippen LogP contribution in [0.15, 0.2) is 24.3 Å². The van der Waals surface area contributed by atoms with Crippen LogP contribution in [0.5, 0.6) is 0 Å².